The highest BCUT2D eigenvalue weighted by Crippen LogP contribution is 2.26. The quantitative estimate of drug-likeness (QED) is 0.862. The van der Waals surface area contributed by atoms with Gasteiger partial charge in [0.05, 0.1) is 6.10 Å². The highest BCUT2D eigenvalue weighted by molar-refractivity contribution is 5.17. The molecule has 122 valence electrons. The van der Waals surface area contributed by atoms with E-state index in [0.29, 0.717) is 5.92 Å². The predicted molar refractivity (Wildman–Crippen MR) is 95.0 cm³/mol. The molecule has 1 unspecified atom stereocenters. The lowest BCUT2D eigenvalue weighted by atomic mass is 9.87. The Balaban J connectivity index is 1.67. The van der Waals surface area contributed by atoms with E-state index >= 15 is 0 Å². The zero-order chi connectivity index (χ0) is 15.9. The minimum atomic E-state index is -0.0935. The molecule has 0 aromatic heterocycles. The molecule has 0 radical (unpaired) electrons. The van der Waals surface area contributed by atoms with Gasteiger partial charge in [-0.2, -0.15) is 0 Å². The molecule has 0 bridgehead atoms. The first-order valence-corrected chi connectivity index (χ1v) is 8.78. The van der Waals surface area contributed by atoms with Gasteiger partial charge in [0.15, 0.2) is 0 Å². The second-order valence-electron chi connectivity index (χ2n) is 6.83. The van der Waals surface area contributed by atoms with Crippen molar-refractivity contribution in [1.29, 1.82) is 0 Å². The fourth-order valence-corrected chi connectivity index (χ4v) is 3.66. The molecule has 0 heterocycles. The lowest BCUT2D eigenvalue weighted by Gasteiger charge is -2.32. The van der Waals surface area contributed by atoms with Crippen LogP contribution < -0.4 is 0 Å². The maximum absolute atomic E-state index is 9.95. The molecule has 1 aliphatic rings. The number of aliphatic hydroxyl groups is 1. The van der Waals surface area contributed by atoms with Gasteiger partial charge < -0.3 is 5.11 Å². The summed E-state index contributed by atoms with van der Waals surface area (Å²) in [5.41, 5.74) is 2.72. The Morgan fingerprint density at radius 1 is 0.826 bits per heavy atom. The molecule has 1 saturated carbocycles. The maximum Gasteiger partial charge on any atom is 0.0543 e. The first kappa shape index (κ1) is 16.2. The van der Waals surface area contributed by atoms with E-state index in [2.05, 4.69) is 65.6 Å². The third-order valence-corrected chi connectivity index (χ3v) is 4.77. The smallest absolute Gasteiger partial charge is 0.0543 e. The summed E-state index contributed by atoms with van der Waals surface area (Å²) in [7, 11) is 0. The minimum absolute atomic E-state index is 0.0935. The van der Waals surface area contributed by atoms with Crippen LogP contribution in [0.3, 0.4) is 0 Å². The van der Waals surface area contributed by atoms with Crippen LogP contribution in [-0.2, 0) is 13.1 Å². The van der Waals surface area contributed by atoms with Crippen LogP contribution >= 0.6 is 0 Å². The molecule has 0 aliphatic heterocycles. The van der Waals surface area contributed by atoms with Gasteiger partial charge in [-0.25, -0.2) is 0 Å². The summed E-state index contributed by atoms with van der Waals surface area (Å²) < 4.78 is 0. The van der Waals surface area contributed by atoms with Gasteiger partial charge >= 0.3 is 0 Å². The summed E-state index contributed by atoms with van der Waals surface area (Å²) in [5.74, 6) is 0.617. The zero-order valence-electron chi connectivity index (χ0n) is 13.8. The van der Waals surface area contributed by atoms with Crippen molar-refractivity contribution in [3.8, 4) is 0 Å². The van der Waals surface area contributed by atoms with Crippen LogP contribution in [0.25, 0.3) is 0 Å². The second kappa shape index (κ2) is 8.28. The van der Waals surface area contributed by atoms with E-state index in [1.165, 1.54) is 17.5 Å². The van der Waals surface area contributed by atoms with E-state index in [1.807, 2.05) is 0 Å². The normalized spacial score (nSPS) is 21.5. The standard InChI is InChI=1S/C21H27NO/c23-21-13-7-12-20(14-21)17-22(15-18-8-3-1-4-9-18)16-19-10-5-2-6-11-19/h1-6,8-11,20-21,23H,7,12-17H2/t20-,21?/m1/s1. The SMILES string of the molecule is OC1CCC[C@@H](CN(Cc2ccccc2)Cc2ccccc2)C1. The third kappa shape index (κ3) is 5.19. The molecule has 2 aromatic rings. The molecule has 2 aromatic carbocycles. The molecule has 0 spiro atoms. The Bertz CT molecular complexity index is 527. The van der Waals surface area contributed by atoms with Crippen molar-refractivity contribution < 1.29 is 5.11 Å². The van der Waals surface area contributed by atoms with Crippen molar-refractivity contribution in [2.75, 3.05) is 6.54 Å². The molecule has 1 fully saturated rings. The van der Waals surface area contributed by atoms with E-state index in [1.54, 1.807) is 0 Å². The Morgan fingerprint density at radius 3 is 1.91 bits per heavy atom. The molecule has 3 rings (SSSR count). The third-order valence-electron chi connectivity index (χ3n) is 4.77. The Labute approximate surface area is 139 Å². The van der Waals surface area contributed by atoms with Gasteiger partial charge in [-0.1, -0.05) is 67.1 Å². The van der Waals surface area contributed by atoms with Crippen molar-refractivity contribution in [1.82, 2.24) is 4.90 Å². The monoisotopic (exact) mass is 309 g/mol. The Kier molecular flexibility index (Phi) is 5.84. The molecule has 2 atom stereocenters. The highest BCUT2D eigenvalue weighted by Gasteiger charge is 2.22. The number of aliphatic hydroxyl groups excluding tert-OH is 1. The minimum Gasteiger partial charge on any atom is -0.393 e. The Morgan fingerprint density at radius 2 is 1.39 bits per heavy atom. The topological polar surface area (TPSA) is 23.5 Å². The molecule has 23 heavy (non-hydrogen) atoms. The summed E-state index contributed by atoms with van der Waals surface area (Å²) in [6.45, 7) is 3.02. The lowest BCUT2D eigenvalue weighted by molar-refractivity contribution is 0.0806. The molecule has 0 amide bonds. The predicted octanol–water partition coefficient (Wildman–Crippen LogP) is 4.24. The fraction of sp³-hybridized carbons (Fsp3) is 0.429. The van der Waals surface area contributed by atoms with Crippen molar-refractivity contribution >= 4 is 0 Å². The molecule has 1 N–H and O–H groups in total. The summed E-state index contributed by atoms with van der Waals surface area (Å²) >= 11 is 0. The molecule has 2 heteroatoms. The van der Waals surface area contributed by atoms with Crippen molar-refractivity contribution in [2.24, 2.45) is 5.92 Å². The van der Waals surface area contributed by atoms with Gasteiger partial charge in [-0.3, -0.25) is 4.90 Å². The molecule has 1 aliphatic carbocycles. The second-order valence-corrected chi connectivity index (χ2v) is 6.83. The molecular weight excluding hydrogens is 282 g/mol. The Hall–Kier alpha value is -1.64. The van der Waals surface area contributed by atoms with Crippen LogP contribution in [0, 0.1) is 5.92 Å². The van der Waals surface area contributed by atoms with E-state index in [-0.39, 0.29) is 6.10 Å². The van der Waals surface area contributed by atoms with Crippen molar-refractivity contribution in [2.45, 2.75) is 44.9 Å². The molecular formula is C21H27NO. The first-order chi connectivity index (χ1) is 11.3. The van der Waals surface area contributed by atoms with Crippen molar-refractivity contribution in [3.63, 3.8) is 0 Å². The van der Waals surface area contributed by atoms with E-state index in [9.17, 15) is 5.11 Å². The van der Waals surface area contributed by atoms with E-state index in [4.69, 9.17) is 0 Å². The number of benzene rings is 2. The van der Waals surface area contributed by atoms with Gasteiger partial charge in [-0.05, 0) is 36.3 Å². The number of hydrogen-bond donors (Lipinski definition) is 1. The molecule has 2 nitrogen and oxygen atoms in total. The van der Waals surface area contributed by atoms with Crippen LogP contribution in [0.15, 0.2) is 60.7 Å². The largest absolute Gasteiger partial charge is 0.393 e. The van der Waals surface area contributed by atoms with Crippen LogP contribution in [0.5, 0.6) is 0 Å². The lowest BCUT2D eigenvalue weighted by Crippen LogP contribution is -2.32. The van der Waals surface area contributed by atoms with Gasteiger partial charge in [-0.15, -0.1) is 0 Å². The fourth-order valence-electron chi connectivity index (χ4n) is 3.66. The first-order valence-electron chi connectivity index (χ1n) is 8.78. The van der Waals surface area contributed by atoms with E-state index < -0.39 is 0 Å². The summed E-state index contributed by atoms with van der Waals surface area (Å²) in [4.78, 5) is 2.54. The van der Waals surface area contributed by atoms with Gasteiger partial charge in [0, 0.05) is 19.6 Å². The zero-order valence-corrected chi connectivity index (χ0v) is 13.8. The van der Waals surface area contributed by atoms with Crippen LogP contribution in [0.4, 0.5) is 0 Å². The molecule has 0 saturated heterocycles. The number of rotatable bonds is 6. The highest BCUT2D eigenvalue weighted by atomic mass is 16.3. The number of hydrogen-bond acceptors (Lipinski definition) is 2. The van der Waals surface area contributed by atoms with E-state index in [0.717, 1.165) is 38.9 Å². The van der Waals surface area contributed by atoms with Gasteiger partial charge in [0.1, 0.15) is 0 Å². The maximum atomic E-state index is 9.95. The number of nitrogens with zero attached hydrogens (tertiary/aromatic N) is 1. The van der Waals surface area contributed by atoms with Gasteiger partial charge in [0.25, 0.3) is 0 Å². The van der Waals surface area contributed by atoms with Crippen LogP contribution in [-0.4, -0.2) is 22.7 Å². The summed E-state index contributed by atoms with van der Waals surface area (Å²) in [6.07, 6.45) is 4.26. The van der Waals surface area contributed by atoms with Crippen LogP contribution in [0.1, 0.15) is 36.8 Å². The summed E-state index contributed by atoms with van der Waals surface area (Å²) in [6, 6.07) is 21.4. The summed E-state index contributed by atoms with van der Waals surface area (Å²) in [5, 5.41) is 9.95. The van der Waals surface area contributed by atoms with Crippen molar-refractivity contribution in [3.05, 3.63) is 71.8 Å². The van der Waals surface area contributed by atoms with Gasteiger partial charge in [0.2, 0.25) is 0 Å². The average molecular weight is 309 g/mol. The average Bonchev–Trinajstić information content (AvgIpc) is 2.57. The van der Waals surface area contributed by atoms with Crippen LogP contribution in [0.2, 0.25) is 0 Å².